The molecule has 0 atom stereocenters. The Bertz CT molecular complexity index is 52.6. The molecule has 1 N–H and O–H groups in total. The summed E-state index contributed by atoms with van der Waals surface area (Å²) in [7, 11) is 4.17. The minimum absolute atomic E-state index is 0.616. The average Bonchev–Trinajstić information content (AvgIpc) is 1.90. The van der Waals surface area contributed by atoms with Gasteiger partial charge in [0.2, 0.25) is 0 Å². The fourth-order valence-electron chi connectivity index (χ4n) is 0.577. The predicted octanol–water partition coefficient (Wildman–Crippen LogP) is 1.57. The third kappa shape index (κ3) is 17.8. The molecule has 2 nitrogen and oxygen atoms in total. The van der Waals surface area contributed by atoms with E-state index in [0.29, 0.717) is 6.04 Å². The Morgan fingerprint density at radius 2 is 1.64 bits per heavy atom. The first-order valence-electron chi connectivity index (χ1n) is 4.51. The van der Waals surface area contributed by atoms with Crippen LogP contribution in [0.25, 0.3) is 0 Å². The first-order valence-corrected chi connectivity index (χ1v) is 4.51. The van der Waals surface area contributed by atoms with E-state index >= 15 is 0 Å². The number of likely N-dealkylation sites (N-methyl/N-ethyl adjacent to an activating group) is 1. The molecule has 0 heterocycles. The zero-order valence-electron chi connectivity index (χ0n) is 8.94. The maximum absolute atomic E-state index is 3.34. The van der Waals surface area contributed by atoms with E-state index in [1.165, 1.54) is 0 Å². The van der Waals surface area contributed by atoms with Gasteiger partial charge in [-0.05, 0) is 14.1 Å². The van der Waals surface area contributed by atoms with E-state index in [0.717, 1.165) is 13.1 Å². The van der Waals surface area contributed by atoms with Crippen LogP contribution in [0.15, 0.2) is 0 Å². The molecular weight excluding hydrogens is 136 g/mol. The molecule has 70 valence electrons. The van der Waals surface area contributed by atoms with E-state index in [9.17, 15) is 0 Å². The van der Waals surface area contributed by atoms with Crippen molar-refractivity contribution in [1.29, 1.82) is 0 Å². The van der Waals surface area contributed by atoms with Crippen molar-refractivity contribution in [3.8, 4) is 0 Å². The third-order valence-electron chi connectivity index (χ3n) is 1.11. The van der Waals surface area contributed by atoms with Gasteiger partial charge < -0.3 is 10.2 Å². The highest BCUT2D eigenvalue weighted by atomic mass is 15.1. The molecule has 0 aromatic heterocycles. The molecular formula is C9H24N2. The van der Waals surface area contributed by atoms with Gasteiger partial charge in [-0.1, -0.05) is 27.7 Å². The summed E-state index contributed by atoms with van der Waals surface area (Å²) >= 11 is 0. The predicted molar refractivity (Wildman–Crippen MR) is 53.0 cm³/mol. The second-order valence-corrected chi connectivity index (χ2v) is 2.91. The summed E-state index contributed by atoms with van der Waals surface area (Å²) in [6.45, 7) is 10.5. The van der Waals surface area contributed by atoms with Crippen LogP contribution in [0, 0.1) is 0 Å². The van der Waals surface area contributed by atoms with Crippen molar-refractivity contribution in [2.24, 2.45) is 0 Å². The summed E-state index contributed by atoms with van der Waals surface area (Å²) in [5.41, 5.74) is 0. The van der Waals surface area contributed by atoms with Gasteiger partial charge in [-0.3, -0.25) is 0 Å². The average molecular weight is 160 g/mol. The summed E-state index contributed by atoms with van der Waals surface area (Å²) in [5.74, 6) is 0. The lowest BCUT2D eigenvalue weighted by Crippen LogP contribution is -2.30. The third-order valence-corrected chi connectivity index (χ3v) is 1.11. The Morgan fingerprint density at radius 1 is 1.18 bits per heavy atom. The van der Waals surface area contributed by atoms with Crippen molar-refractivity contribution < 1.29 is 0 Å². The molecule has 0 aromatic rings. The molecule has 0 aliphatic heterocycles. The number of nitrogens with zero attached hydrogens (tertiary/aromatic N) is 1. The standard InChI is InChI=1S/C7H18N2.C2H6/c1-7(2)8-5-6-9(3)4;1-2/h7-8H,5-6H2,1-4H3;1-2H3. The molecule has 0 bridgehead atoms. The lowest BCUT2D eigenvalue weighted by Gasteiger charge is -2.11. The fourth-order valence-corrected chi connectivity index (χ4v) is 0.577. The second kappa shape index (κ2) is 9.92. The van der Waals surface area contributed by atoms with Crippen molar-refractivity contribution in [2.75, 3.05) is 27.2 Å². The molecule has 0 unspecified atom stereocenters. The summed E-state index contributed by atoms with van der Waals surface area (Å²) in [4.78, 5) is 2.18. The van der Waals surface area contributed by atoms with Gasteiger partial charge in [0.25, 0.3) is 0 Å². The molecule has 0 fully saturated rings. The van der Waals surface area contributed by atoms with Crippen molar-refractivity contribution >= 4 is 0 Å². The zero-order chi connectivity index (χ0) is 9.28. The maximum Gasteiger partial charge on any atom is 0.0101 e. The largest absolute Gasteiger partial charge is 0.313 e. The smallest absolute Gasteiger partial charge is 0.0101 e. The molecule has 0 aromatic carbocycles. The van der Waals surface area contributed by atoms with Gasteiger partial charge in [-0.25, -0.2) is 0 Å². The molecule has 11 heavy (non-hydrogen) atoms. The van der Waals surface area contributed by atoms with E-state index in [4.69, 9.17) is 0 Å². The van der Waals surface area contributed by atoms with Crippen LogP contribution < -0.4 is 5.32 Å². The molecule has 0 spiro atoms. The van der Waals surface area contributed by atoms with Gasteiger partial charge in [0.15, 0.2) is 0 Å². The highest BCUT2D eigenvalue weighted by Gasteiger charge is 1.91. The molecule has 0 amide bonds. The van der Waals surface area contributed by atoms with Crippen LogP contribution in [0.5, 0.6) is 0 Å². The highest BCUT2D eigenvalue weighted by molar-refractivity contribution is 4.53. The maximum atomic E-state index is 3.34. The first-order chi connectivity index (χ1) is 5.13. The quantitative estimate of drug-likeness (QED) is 0.671. The van der Waals surface area contributed by atoms with Crippen molar-refractivity contribution in [2.45, 2.75) is 33.7 Å². The van der Waals surface area contributed by atoms with Crippen LogP contribution in [0.1, 0.15) is 27.7 Å². The van der Waals surface area contributed by atoms with E-state index in [1.807, 2.05) is 13.8 Å². The van der Waals surface area contributed by atoms with Crippen LogP contribution in [-0.2, 0) is 0 Å². The molecule has 2 heteroatoms. The number of hydrogen-bond acceptors (Lipinski definition) is 2. The number of nitrogens with one attached hydrogen (secondary N) is 1. The van der Waals surface area contributed by atoms with Crippen molar-refractivity contribution in [3.63, 3.8) is 0 Å². The Kier molecular flexibility index (Phi) is 12.2. The second-order valence-electron chi connectivity index (χ2n) is 2.91. The summed E-state index contributed by atoms with van der Waals surface area (Å²) < 4.78 is 0. The van der Waals surface area contributed by atoms with E-state index in [2.05, 4.69) is 38.2 Å². The topological polar surface area (TPSA) is 15.3 Å². The Morgan fingerprint density at radius 3 is 1.91 bits per heavy atom. The summed E-state index contributed by atoms with van der Waals surface area (Å²) in [6, 6.07) is 0.616. The number of rotatable bonds is 4. The van der Waals surface area contributed by atoms with Crippen molar-refractivity contribution in [3.05, 3.63) is 0 Å². The van der Waals surface area contributed by atoms with Gasteiger partial charge in [-0.2, -0.15) is 0 Å². The van der Waals surface area contributed by atoms with Crippen LogP contribution in [0.4, 0.5) is 0 Å². The lowest BCUT2D eigenvalue weighted by atomic mass is 10.4. The van der Waals surface area contributed by atoms with Crippen LogP contribution in [0.2, 0.25) is 0 Å². The van der Waals surface area contributed by atoms with Gasteiger partial charge in [0, 0.05) is 19.1 Å². The van der Waals surface area contributed by atoms with Gasteiger partial charge in [-0.15, -0.1) is 0 Å². The van der Waals surface area contributed by atoms with Crippen LogP contribution in [0.3, 0.4) is 0 Å². The normalized spacial score (nSPS) is 9.82. The van der Waals surface area contributed by atoms with Gasteiger partial charge >= 0.3 is 0 Å². The van der Waals surface area contributed by atoms with Crippen LogP contribution in [-0.4, -0.2) is 38.1 Å². The fraction of sp³-hybridized carbons (Fsp3) is 1.00. The molecule has 0 radical (unpaired) electrons. The molecule has 0 aliphatic carbocycles. The van der Waals surface area contributed by atoms with Crippen molar-refractivity contribution in [1.82, 2.24) is 10.2 Å². The molecule has 0 rings (SSSR count). The molecule has 0 saturated carbocycles. The summed E-state index contributed by atoms with van der Waals surface area (Å²) in [6.07, 6.45) is 0. The van der Waals surface area contributed by atoms with E-state index < -0.39 is 0 Å². The minimum atomic E-state index is 0.616. The van der Waals surface area contributed by atoms with Crippen LogP contribution >= 0.6 is 0 Å². The highest BCUT2D eigenvalue weighted by Crippen LogP contribution is 1.76. The molecule has 0 saturated heterocycles. The number of hydrogen-bond donors (Lipinski definition) is 1. The lowest BCUT2D eigenvalue weighted by molar-refractivity contribution is 0.391. The zero-order valence-corrected chi connectivity index (χ0v) is 8.94. The monoisotopic (exact) mass is 160 g/mol. The van der Waals surface area contributed by atoms with Gasteiger partial charge in [0.1, 0.15) is 0 Å². The Balaban J connectivity index is 0. The SMILES string of the molecule is CC.CC(C)NCCN(C)C. The summed E-state index contributed by atoms with van der Waals surface area (Å²) in [5, 5.41) is 3.34. The molecule has 0 aliphatic rings. The minimum Gasteiger partial charge on any atom is -0.313 e. The Hall–Kier alpha value is -0.0800. The van der Waals surface area contributed by atoms with E-state index in [-0.39, 0.29) is 0 Å². The van der Waals surface area contributed by atoms with E-state index in [1.54, 1.807) is 0 Å². The first kappa shape index (κ1) is 13.5. The van der Waals surface area contributed by atoms with Gasteiger partial charge in [0.05, 0.1) is 0 Å². The Labute approximate surface area is 72.0 Å².